The van der Waals surface area contributed by atoms with Crippen LogP contribution in [0.15, 0.2) is 72.8 Å². The number of nitrogens with zero attached hydrogens (tertiary/aromatic N) is 3. The number of carbonyl (C=O) groups excluding carboxylic acids is 1. The Hall–Kier alpha value is -3.73. The van der Waals surface area contributed by atoms with Gasteiger partial charge in [0.15, 0.2) is 0 Å². The van der Waals surface area contributed by atoms with E-state index in [0.717, 1.165) is 47.6 Å². The molecule has 5 heteroatoms. The van der Waals surface area contributed by atoms with Gasteiger partial charge >= 0.3 is 5.82 Å². The minimum absolute atomic E-state index is 0.0127. The van der Waals surface area contributed by atoms with E-state index in [1.54, 1.807) is 0 Å². The van der Waals surface area contributed by atoms with E-state index in [2.05, 4.69) is 66.2 Å². The van der Waals surface area contributed by atoms with Gasteiger partial charge in [0, 0.05) is 30.7 Å². The number of ketones is 1. The van der Waals surface area contributed by atoms with Crippen molar-refractivity contribution in [1.82, 2.24) is 9.78 Å². The minimum atomic E-state index is -0.0127. The third kappa shape index (κ3) is 3.74. The van der Waals surface area contributed by atoms with Crippen LogP contribution >= 0.6 is 0 Å². The fraction of sp³-hybridized carbons (Fsp3) is 0.250. The van der Waals surface area contributed by atoms with Crippen LogP contribution in [0.4, 0.5) is 5.69 Å². The third-order valence-electron chi connectivity index (χ3n) is 6.60. The maximum atomic E-state index is 14.1. The van der Waals surface area contributed by atoms with E-state index in [0.29, 0.717) is 11.4 Å². The number of nitrogens with one attached hydrogen (secondary N) is 1. The lowest BCUT2D eigenvalue weighted by Gasteiger charge is -2.14. The number of rotatable bonds is 6. The van der Waals surface area contributed by atoms with Crippen LogP contribution in [0.3, 0.4) is 0 Å². The maximum Gasteiger partial charge on any atom is 0.315 e. The number of carbonyl (C=O) groups is 1. The lowest BCUT2D eigenvalue weighted by Crippen LogP contribution is -2.44. The van der Waals surface area contributed by atoms with Gasteiger partial charge in [0.05, 0.1) is 11.6 Å². The van der Waals surface area contributed by atoms with Gasteiger partial charge in [-0.05, 0) is 49.1 Å². The lowest BCUT2D eigenvalue weighted by molar-refractivity contribution is -0.718. The Bertz CT molecular complexity index is 1300. The van der Waals surface area contributed by atoms with Gasteiger partial charge in [-0.2, -0.15) is 0 Å². The second kappa shape index (κ2) is 8.66. The highest BCUT2D eigenvalue weighted by molar-refractivity contribution is 6.09. The molecule has 3 aromatic carbocycles. The van der Waals surface area contributed by atoms with Crippen LogP contribution < -0.4 is 9.88 Å². The normalized spacial score (nSPS) is 14.8. The third-order valence-corrected chi connectivity index (χ3v) is 6.60. The molecule has 33 heavy (non-hydrogen) atoms. The molecule has 166 valence electrons. The summed E-state index contributed by atoms with van der Waals surface area (Å²) in [6.45, 7) is 4.16. The molecule has 1 unspecified atom stereocenters. The molecule has 1 aliphatic rings. The Labute approximate surface area is 194 Å². The molecule has 1 atom stereocenters. The van der Waals surface area contributed by atoms with Gasteiger partial charge in [0.1, 0.15) is 5.69 Å². The molecule has 0 saturated carbocycles. The Morgan fingerprint density at radius 1 is 1.00 bits per heavy atom. The lowest BCUT2D eigenvalue weighted by atomic mass is 10.0. The second-order valence-corrected chi connectivity index (χ2v) is 8.77. The van der Waals surface area contributed by atoms with E-state index >= 15 is 0 Å². The Balaban J connectivity index is 1.71. The molecule has 0 saturated heterocycles. The summed E-state index contributed by atoms with van der Waals surface area (Å²) in [5.41, 5.74) is 5.95. The number of fused-ring (bicyclic) bond motifs is 1. The van der Waals surface area contributed by atoms with Gasteiger partial charge in [-0.1, -0.05) is 65.3 Å². The zero-order valence-corrected chi connectivity index (χ0v) is 19.4. The minimum Gasteiger partial charge on any atom is -0.388 e. The first-order valence-electron chi connectivity index (χ1n) is 11.5. The van der Waals surface area contributed by atoms with Gasteiger partial charge in [0.25, 0.3) is 11.6 Å². The van der Waals surface area contributed by atoms with Crippen molar-refractivity contribution in [2.45, 2.75) is 39.2 Å². The van der Waals surface area contributed by atoms with E-state index in [4.69, 9.17) is 5.10 Å². The predicted molar refractivity (Wildman–Crippen MR) is 130 cm³/mol. The number of anilines is 1. The predicted octanol–water partition coefficient (Wildman–Crippen LogP) is 4.78. The van der Waals surface area contributed by atoms with E-state index < -0.39 is 0 Å². The number of hydrogen-bond acceptors (Lipinski definition) is 3. The van der Waals surface area contributed by atoms with Crippen LogP contribution in [0.5, 0.6) is 0 Å². The largest absolute Gasteiger partial charge is 0.388 e. The average molecular weight is 438 g/mol. The van der Waals surface area contributed by atoms with Crippen LogP contribution in [0, 0.1) is 13.8 Å². The van der Waals surface area contributed by atoms with Crippen molar-refractivity contribution in [3.8, 4) is 5.69 Å². The Kier molecular flexibility index (Phi) is 5.55. The molecule has 4 aromatic rings. The van der Waals surface area contributed by atoms with E-state index in [1.807, 2.05) is 42.1 Å². The van der Waals surface area contributed by atoms with Crippen molar-refractivity contribution in [3.05, 3.63) is 107 Å². The molecule has 1 aromatic heterocycles. The van der Waals surface area contributed by atoms with Gasteiger partial charge in [0.2, 0.25) is 0 Å². The molecule has 0 radical (unpaired) electrons. The topological polar surface area (TPSA) is 50.8 Å². The average Bonchev–Trinajstić information content (AvgIpc) is 3.39. The summed E-state index contributed by atoms with van der Waals surface area (Å²) in [7, 11) is 1.85. The fourth-order valence-corrected chi connectivity index (χ4v) is 5.01. The summed E-state index contributed by atoms with van der Waals surface area (Å²) in [6, 6.07) is 24.6. The molecule has 5 nitrogen and oxygen atoms in total. The molecular formula is C28H29N4O+. The van der Waals surface area contributed by atoms with E-state index in [9.17, 15) is 4.79 Å². The maximum absolute atomic E-state index is 14.1. The van der Waals surface area contributed by atoms with Gasteiger partial charge in [-0.15, -0.1) is 0 Å². The van der Waals surface area contributed by atoms with Crippen LogP contribution in [-0.2, 0) is 12.8 Å². The van der Waals surface area contributed by atoms with Crippen molar-refractivity contribution in [1.29, 1.82) is 0 Å². The quantitative estimate of drug-likeness (QED) is 0.349. The molecule has 5 rings (SSSR count). The molecule has 0 bridgehead atoms. The summed E-state index contributed by atoms with van der Waals surface area (Å²) in [6.07, 6.45) is 2.73. The molecular weight excluding hydrogens is 408 g/mol. The molecule has 1 aliphatic heterocycles. The number of aryl methyl sites for hydroxylation is 3. The van der Waals surface area contributed by atoms with Gasteiger partial charge in [-0.3, -0.25) is 4.79 Å². The molecule has 0 fully saturated rings. The first-order chi connectivity index (χ1) is 16.1. The first-order valence-corrected chi connectivity index (χ1v) is 11.5. The summed E-state index contributed by atoms with van der Waals surface area (Å²) in [5, 5.41) is 8.19. The SMILES string of the molecule is CNc1ccccc1C(=O)c1n(-c2c(C)cccc2C)nc2[n+]1C(Cc1ccccc1)CC2. The highest BCUT2D eigenvalue weighted by Crippen LogP contribution is 2.28. The van der Waals surface area contributed by atoms with Crippen LogP contribution in [0.25, 0.3) is 5.69 Å². The molecule has 0 aliphatic carbocycles. The summed E-state index contributed by atoms with van der Waals surface area (Å²) in [4.78, 5) is 14.1. The number of aromatic nitrogens is 3. The highest BCUT2D eigenvalue weighted by Gasteiger charge is 2.41. The number of para-hydroxylation sites is 2. The second-order valence-electron chi connectivity index (χ2n) is 8.77. The van der Waals surface area contributed by atoms with Gasteiger partial charge in [-0.25, -0.2) is 4.57 Å². The fourth-order valence-electron chi connectivity index (χ4n) is 5.01. The van der Waals surface area contributed by atoms with Crippen LogP contribution in [-0.4, -0.2) is 22.6 Å². The molecule has 2 heterocycles. The molecule has 1 N–H and O–H groups in total. The number of benzene rings is 3. The zero-order valence-electron chi connectivity index (χ0n) is 19.4. The summed E-state index contributed by atoms with van der Waals surface area (Å²) >= 11 is 0. The molecule has 0 spiro atoms. The first kappa shape index (κ1) is 21.1. The van der Waals surface area contributed by atoms with Gasteiger partial charge < -0.3 is 5.32 Å². The van der Waals surface area contributed by atoms with Crippen molar-refractivity contribution in [2.75, 3.05) is 12.4 Å². The zero-order chi connectivity index (χ0) is 22.9. The van der Waals surface area contributed by atoms with Crippen molar-refractivity contribution in [2.24, 2.45) is 0 Å². The highest BCUT2D eigenvalue weighted by atomic mass is 16.1. The van der Waals surface area contributed by atoms with Crippen LogP contribution in [0.1, 0.15) is 51.2 Å². The summed E-state index contributed by atoms with van der Waals surface area (Å²) in [5.74, 6) is 1.59. The van der Waals surface area contributed by atoms with E-state index in [-0.39, 0.29) is 11.8 Å². The van der Waals surface area contributed by atoms with Crippen LogP contribution in [0.2, 0.25) is 0 Å². The molecule has 0 amide bonds. The van der Waals surface area contributed by atoms with Crippen molar-refractivity contribution in [3.63, 3.8) is 0 Å². The van der Waals surface area contributed by atoms with Crippen molar-refractivity contribution < 1.29 is 9.36 Å². The standard InChI is InChI=1S/C28H28N4O/c1-19-10-9-11-20(2)26(19)32-28(27(33)23-14-7-8-15-24(23)29-3)31-22(16-17-25(31)30-32)18-21-12-5-4-6-13-21/h4-15,22H,16-18H2,1-3H3/p+1. The summed E-state index contributed by atoms with van der Waals surface area (Å²) < 4.78 is 4.10. The Morgan fingerprint density at radius 3 is 2.42 bits per heavy atom. The van der Waals surface area contributed by atoms with Crippen molar-refractivity contribution >= 4 is 11.5 Å². The Morgan fingerprint density at radius 2 is 1.70 bits per heavy atom. The number of hydrogen-bond donors (Lipinski definition) is 1. The smallest absolute Gasteiger partial charge is 0.315 e. The van der Waals surface area contributed by atoms with E-state index in [1.165, 1.54) is 5.56 Å². The monoisotopic (exact) mass is 437 g/mol.